The van der Waals surface area contributed by atoms with Crippen LogP contribution in [0.1, 0.15) is 25.8 Å². The molecule has 0 fully saturated rings. The molecule has 0 aliphatic carbocycles. The summed E-state index contributed by atoms with van der Waals surface area (Å²) < 4.78 is 1.89. The van der Waals surface area contributed by atoms with Crippen LogP contribution in [0, 0.1) is 0 Å². The van der Waals surface area contributed by atoms with Crippen LogP contribution in [0.25, 0.3) is 0 Å². The Morgan fingerprint density at radius 3 is 2.75 bits per heavy atom. The Labute approximate surface area is 125 Å². The molecule has 0 aliphatic rings. The first-order chi connectivity index (χ1) is 9.67. The van der Waals surface area contributed by atoms with E-state index >= 15 is 0 Å². The molecular weight excluding hydrogens is 268 g/mol. The first-order valence-corrected chi connectivity index (χ1v) is 7.23. The summed E-state index contributed by atoms with van der Waals surface area (Å²) in [5, 5.41) is 11.4. The van der Waals surface area contributed by atoms with Crippen molar-refractivity contribution in [2.75, 3.05) is 5.32 Å². The highest BCUT2D eigenvalue weighted by atomic mass is 32.1. The summed E-state index contributed by atoms with van der Waals surface area (Å²) in [6, 6.07) is 12.5. The van der Waals surface area contributed by atoms with Gasteiger partial charge in [-0.15, -0.1) is 0 Å². The van der Waals surface area contributed by atoms with Crippen LogP contribution in [0.5, 0.6) is 0 Å². The SMILES string of the molecule is CCC(C)NC(=S)Nc1ccn(Cc2ccccc2)n1. The second kappa shape index (κ2) is 7.05. The molecule has 4 nitrogen and oxygen atoms in total. The fourth-order valence-electron chi connectivity index (χ4n) is 1.77. The third-order valence-electron chi connectivity index (χ3n) is 3.06. The molecule has 106 valence electrons. The quantitative estimate of drug-likeness (QED) is 0.830. The molecule has 1 aromatic heterocycles. The molecule has 0 bridgehead atoms. The summed E-state index contributed by atoms with van der Waals surface area (Å²) >= 11 is 5.25. The van der Waals surface area contributed by atoms with Crippen LogP contribution in [0.2, 0.25) is 0 Å². The summed E-state index contributed by atoms with van der Waals surface area (Å²) in [5.74, 6) is 0.765. The van der Waals surface area contributed by atoms with Crippen LogP contribution in [-0.2, 0) is 6.54 Å². The third kappa shape index (κ3) is 4.35. The van der Waals surface area contributed by atoms with E-state index in [2.05, 4.69) is 41.7 Å². The molecule has 20 heavy (non-hydrogen) atoms. The highest BCUT2D eigenvalue weighted by Gasteiger charge is 2.04. The minimum atomic E-state index is 0.362. The highest BCUT2D eigenvalue weighted by molar-refractivity contribution is 7.80. The molecule has 5 heteroatoms. The van der Waals surface area contributed by atoms with Crippen molar-refractivity contribution < 1.29 is 0 Å². The molecule has 0 spiro atoms. The zero-order chi connectivity index (χ0) is 14.4. The molecule has 1 unspecified atom stereocenters. The Balaban J connectivity index is 1.91. The number of benzene rings is 1. The molecule has 1 atom stereocenters. The number of rotatable bonds is 5. The Hall–Kier alpha value is -1.88. The molecule has 2 N–H and O–H groups in total. The number of nitrogens with one attached hydrogen (secondary N) is 2. The maximum atomic E-state index is 5.25. The molecule has 0 radical (unpaired) electrons. The van der Waals surface area contributed by atoms with E-state index in [0.717, 1.165) is 18.8 Å². The smallest absolute Gasteiger partial charge is 0.172 e. The summed E-state index contributed by atoms with van der Waals surface area (Å²) in [7, 11) is 0. The minimum Gasteiger partial charge on any atom is -0.360 e. The summed E-state index contributed by atoms with van der Waals surface area (Å²) in [5.41, 5.74) is 1.22. The van der Waals surface area contributed by atoms with E-state index in [1.54, 1.807) is 0 Å². The van der Waals surface area contributed by atoms with Crippen molar-refractivity contribution in [3.05, 3.63) is 48.2 Å². The highest BCUT2D eigenvalue weighted by Crippen LogP contribution is 2.06. The van der Waals surface area contributed by atoms with Gasteiger partial charge in [0.05, 0.1) is 6.54 Å². The number of thiocarbonyl (C=S) groups is 1. The number of aromatic nitrogens is 2. The van der Waals surface area contributed by atoms with E-state index < -0.39 is 0 Å². The van der Waals surface area contributed by atoms with Crippen molar-refractivity contribution in [1.29, 1.82) is 0 Å². The molecule has 0 amide bonds. The Morgan fingerprint density at radius 1 is 1.30 bits per heavy atom. The van der Waals surface area contributed by atoms with Crippen molar-refractivity contribution in [2.24, 2.45) is 0 Å². The van der Waals surface area contributed by atoms with Crippen LogP contribution < -0.4 is 10.6 Å². The fourth-order valence-corrected chi connectivity index (χ4v) is 2.07. The first-order valence-electron chi connectivity index (χ1n) is 6.82. The van der Waals surface area contributed by atoms with Crippen molar-refractivity contribution in [2.45, 2.75) is 32.9 Å². The minimum absolute atomic E-state index is 0.362. The molecular formula is C15H20N4S. The van der Waals surface area contributed by atoms with E-state index in [-0.39, 0.29) is 0 Å². The summed E-state index contributed by atoms with van der Waals surface area (Å²) in [6.45, 7) is 4.98. The van der Waals surface area contributed by atoms with Crippen LogP contribution in [0.4, 0.5) is 5.82 Å². The van der Waals surface area contributed by atoms with Crippen LogP contribution in [-0.4, -0.2) is 20.9 Å². The molecule has 0 saturated carbocycles. The third-order valence-corrected chi connectivity index (χ3v) is 3.28. The van der Waals surface area contributed by atoms with Gasteiger partial charge in [-0.1, -0.05) is 37.3 Å². The average molecular weight is 288 g/mol. The zero-order valence-corrected chi connectivity index (χ0v) is 12.7. The second-order valence-corrected chi connectivity index (χ2v) is 5.20. The molecule has 1 heterocycles. The van der Waals surface area contributed by atoms with Gasteiger partial charge in [-0.05, 0) is 31.1 Å². The number of hydrogen-bond acceptors (Lipinski definition) is 2. The van der Waals surface area contributed by atoms with E-state index in [1.165, 1.54) is 5.56 Å². The Morgan fingerprint density at radius 2 is 2.05 bits per heavy atom. The van der Waals surface area contributed by atoms with Gasteiger partial charge in [0.25, 0.3) is 0 Å². The molecule has 0 saturated heterocycles. The Bertz CT molecular complexity index is 550. The van der Waals surface area contributed by atoms with Crippen molar-refractivity contribution in [3.8, 4) is 0 Å². The van der Waals surface area contributed by atoms with Crippen LogP contribution in [0.3, 0.4) is 0 Å². The summed E-state index contributed by atoms with van der Waals surface area (Å²) in [6.07, 6.45) is 2.98. The lowest BCUT2D eigenvalue weighted by Crippen LogP contribution is -2.35. The lowest BCUT2D eigenvalue weighted by atomic mass is 10.2. The lowest BCUT2D eigenvalue weighted by Gasteiger charge is -2.13. The Kier molecular flexibility index (Phi) is 5.12. The van der Waals surface area contributed by atoms with E-state index in [1.807, 2.05) is 35.1 Å². The van der Waals surface area contributed by atoms with Gasteiger partial charge in [0, 0.05) is 18.3 Å². The topological polar surface area (TPSA) is 41.9 Å². The predicted molar refractivity (Wildman–Crippen MR) is 86.9 cm³/mol. The van der Waals surface area contributed by atoms with E-state index in [9.17, 15) is 0 Å². The largest absolute Gasteiger partial charge is 0.360 e. The maximum Gasteiger partial charge on any atom is 0.172 e. The van der Waals surface area contributed by atoms with E-state index in [0.29, 0.717) is 11.2 Å². The standard InChI is InChI=1S/C15H20N4S/c1-3-12(2)16-15(20)17-14-9-10-19(18-14)11-13-7-5-4-6-8-13/h4-10,12H,3,11H2,1-2H3,(H2,16,17,18,20). The van der Waals surface area contributed by atoms with Gasteiger partial charge in [-0.3, -0.25) is 4.68 Å². The lowest BCUT2D eigenvalue weighted by molar-refractivity contribution is 0.645. The molecule has 0 aliphatic heterocycles. The number of anilines is 1. The van der Waals surface area contributed by atoms with Crippen molar-refractivity contribution in [3.63, 3.8) is 0 Å². The normalized spacial score (nSPS) is 11.9. The second-order valence-electron chi connectivity index (χ2n) is 4.79. The first kappa shape index (κ1) is 14.5. The van der Waals surface area contributed by atoms with Gasteiger partial charge in [-0.2, -0.15) is 5.10 Å². The van der Waals surface area contributed by atoms with Crippen molar-refractivity contribution >= 4 is 23.1 Å². The summed E-state index contributed by atoms with van der Waals surface area (Å²) in [4.78, 5) is 0. The van der Waals surface area contributed by atoms with Gasteiger partial charge in [-0.25, -0.2) is 0 Å². The van der Waals surface area contributed by atoms with Gasteiger partial charge >= 0.3 is 0 Å². The predicted octanol–water partition coefficient (Wildman–Crippen LogP) is 3.02. The van der Waals surface area contributed by atoms with Crippen LogP contribution >= 0.6 is 12.2 Å². The zero-order valence-electron chi connectivity index (χ0n) is 11.8. The molecule has 2 rings (SSSR count). The number of hydrogen-bond donors (Lipinski definition) is 2. The van der Waals surface area contributed by atoms with Gasteiger partial charge < -0.3 is 10.6 Å². The fraction of sp³-hybridized carbons (Fsp3) is 0.333. The van der Waals surface area contributed by atoms with Gasteiger partial charge in [0.15, 0.2) is 10.9 Å². The average Bonchev–Trinajstić information content (AvgIpc) is 2.86. The van der Waals surface area contributed by atoms with Gasteiger partial charge in [0.1, 0.15) is 0 Å². The monoisotopic (exact) mass is 288 g/mol. The molecule has 2 aromatic rings. The number of nitrogens with zero attached hydrogens (tertiary/aromatic N) is 2. The van der Waals surface area contributed by atoms with E-state index in [4.69, 9.17) is 12.2 Å². The van der Waals surface area contributed by atoms with Crippen LogP contribution in [0.15, 0.2) is 42.6 Å². The maximum absolute atomic E-state index is 5.25. The van der Waals surface area contributed by atoms with Gasteiger partial charge in [0.2, 0.25) is 0 Å². The van der Waals surface area contributed by atoms with Crippen molar-refractivity contribution in [1.82, 2.24) is 15.1 Å². The molecule has 1 aromatic carbocycles.